The molecule has 2 N–H and O–H groups in total. The van der Waals surface area contributed by atoms with E-state index in [1.807, 2.05) is 68.4 Å². The third-order valence-electron chi connectivity index (χ3n) is 4.39. The Morgan fingerprint density at radius 1 is 0.857 bits per heavy atom. The van der Waals surface area contributed by atoms with Crippen LogP contribution in [-0.4, -0.2) is 9.97 Å². The summed E-state index contributed by atoms with van der Waals surface area (Å²) in [6.45, 7) is 3.83. The van der Waals surface area contributed by atoms with Crippen molar-refractivity contribution >= 4 is 28.1 Å². The Labute approximate surface area is 167 Å². The summed E-state index contributed by atoms with van der Waals surface area (Å²) >= 11 is 6.22. The molecule has 1 heterocycles. The fourth-order valence-electron chi connectivity index (χ4n) is 2.99. The number of fused-ring (bicyclic) bond motifs is 1. The van der Waals surface area contributed by atoms with Crippen LogP contribution in [-0.2, 0) is 0 Å². The Balaban J connectivity index is 1.67. The first-order valence-corrected chi connectivity index (χ1v) is 9.11. The molecule has 0 aliphatic heterocycles. The minimum absolute atomic E-state index is 0.223. The molecule has 4 aromatic rings. The summed E-state index contributed by atoms with van der Waals surface area (Å²) in [7, 11) is 0. The molecule has 28 heavy (non-hydrogen) atoms. The Bertz CT molecular complexity index is 1150. The number of ether oxygens (including phenoxy) is 2. The van der Waals surface area contributed by atoms with E-state index in [4.69, 9.17) is 26.8 Å². The van der Waals surface area contributed by atoms with Gasteiger partial charge in [0.05, 0.1) is 0 Å². The minimum atomic E-state index is 0.223. The Morgan fingerprint density at radius 3 is 2.25 bits per heavy atom. The molecule has 0 bridgehead atoms. The van der Waals surface area contributed by atoms with Gasteiger partial charge in [-0.1, -0.05) is 48.0 Å². The fourth-order valence-corrected chi connectivity index (χ4v) is 3.10. The smallest absolute Gasteiger partial charge is 0.249 e. The maximum atomic E-state index is 6.23. The van der Waals surface area contributed by atoms with E-state index in [0.717, 1.165) is 21.9 Å². The van der Waals surface area contributed by atoms with Crippen molar-refractivity contribution in [1.82, 2.24) is 9.97 Å². The summed E-state index contributed by atoms with van der Waals surface area (Å²) < 4.78 is 11.9. The number of hydrogen-bond donors (Lipinski definition) is 1. The van der Waals surface area contributed by atoms with E-state index in [-0.39, 0.29) is 17.4 Å². The number of benzene rings is 3. The number of aryl methyl sites for hydroxylation is 2. The Hall–Kier alpha value is -3.31. The molecule has 0 radical (unpaired) electrons. The first-order valence-electron chi connectivity index (χ1n) is 8.73. The number of aromatic nitrogens is 2. The second kappa shape index (κ2) is 7.37. The Kier molecular flexibility index (Phi) is 4.75. The van der Waals surface area contributed by atoms with Crippen LogP contribution in [0.2, 0.25) is 5.02 Å². The predicted octanol–water partition coefficient (Wildman–Crippen LogP) is 6.07. The summed E-state index contributed by atoms with van der Waals surface area (Å²) in [6.07, 6.45) is 1.36. The molecule has 5 nitrogen and oxygen atoms in total. The van der Waals surface area contributed by atoms with Crippen molar-refractivity contribution in [2.75, 3.05) is 5.73 Å². The second-order valence-electron chi connectivity index (χ2n) is 6.45. The van der Waals surface area contributed by atoms with Crippen molar-refractivity contribution in [3.8, 4) is 23.3 Å². The molecule has 0 spiro atoms. The minimum Gasteiger partial charge on any atom is -0.437 e. The van der Waals surface area contributed by atoms with Gasteiger partial charge in [-0.15, -0.1) is 0 Å². The highest BCUT2D eigenvalue weighted by molar-refractivity contribution is 6.32. The molecule has 0 aliphatic rings. The largest absolute Gasteiger partial charge is 0.437 e. The lowest BCUT2D eigenvalue weighted by Gasteiger charge is -2.13. The third kappa shape index (κ3) is 3.44. The first kappa shape index (κ1) is 18.1. The number of rotatable bonds is 4. The lowest BCUT2D eigenvalue weighted by molar-refractivity contribution is 0.440. The van der Waals surface area contributed by atoms with E-state index in [1.165, 1.54) is 6.33 Å². The lowest BCUT2D eigenvalue weighted by Crippen LogP contribution is -2.01. The summed E-state index contributed by atoms with van der Waals surface area (Å²) in [5, 5.41) is 2.74. The zero-order chi connectivity index (χ0) is 19.7. The van der Waals surface area contributed by atoms with Gasteiger partial charge in [-0.3, -0.25) is 0 Å². The molecule has 0 fully saturated rings. The normalized spacial score (nSPS) is 10.8. The van der Waals surface area contributed by atoms with Gasteiger partial charge in [-0.05, 0) is 48.6 Å². The van der Waals surface area contributed by atoms with Gasteiger partial charge in [0.2, 0.25) is 11.8 Å². The van der Waals surface area contributed by atoms with Crippen molar-refractivity contribution in [2.24, 2.45) is 0 Å². The molecule has 140 valence electrons. The van der Waals surface area contributed by atoms with Crippen molar-refractivity contribution < 1.29 is 9.47 Å². The van der Waals surface area contributed by atoms with E-state index in [0.29, 0.717) is 16.5 Å². The molecule has 0 amide bonds. The molecular weight excluding hydrogens is 374 g/mol. The number of nitrogens with zero attached hydrogens (tertiary/aromatic N) is 2. The molecule has 4 rings (SSSR count). The van der Waals surface area contributed by atoms with Gasteiger partial charge in [0.25, 0.3) is 0 Å². The molecule has 0 saturated carbocycles. The quantitative estimate of drug-likeness (QED) is 0.457. The SMILES string of the molecule is Cc1cc(Oc2ncnc(Oc3cccc4ccccc34)c2N)cc(C)c1Cl. The molecule has 0 aliphatic carbocycles. The summed E-state index contributed by atoms with van der Waals surface area (Å²) in [4.78, 5) is 8.32. The van der Waals surface area contributed by atoms with Crippen LogP contribution in [0.1, 0.15) is 11.1 Å². The van der Waals surface area contributed by atoms with Crippen LogP contribution in [0.5, 0.6) is 23.3 Å². The van der Waals surface area contributed by atoms with Crippen LogP contribution in [0, 0.1) is 13.8 Å². The Morgan fingerprint density at radius 2 is 1.50 bits per heavy atom. The standard InChI is InChI=1S/C22H18ClN3O2/c1-13-10-16(11-14(2)19(13)23)27-21-20(24)22(26-12-25-21)28-18-9-5-7-15-6-3-4-8-17(15)18/h3-12H,24H2,1-2H3. The first-order chi connectivity index (χ1) is 13.5. The van der Waals surface area contributed by atoms with Gasteiger partial charge in [0.15, 0.2) is 5.69 Å². The zero-order valence-corrected chi connectivity index (χ0v) is 16.2. The number of halogens is 1. The van der Waals surface area contributed by atoms with Gasteiger partial charge < -0.3 is 15.2 Å². The number of nitrogens with two attached hydrogens (primary N) is 1. The van der Waals surface area contributed by atoms with Gasteiger partial charge in [0, 0.05) is 10.4 Å². The van der Waals surface area contributed by atoms with Crippen LogP contribution in [0.4, 0.5) is 5.69 Å². The maximum absolute atomic E-state index is 6.23. The average molecular weight is 392 g/mol. The molecule has 6 heteroatoms. The molecule has 1 aromatic heterocycles. The van der Waals surface area contributed by atoms with E-state index in [9.17, 15) is 0 Å². The summed E-state index contributed by atoms with van der Waals surface area (Å²) in [5.74, 6) is 1.73. The van der Waals surface area contributed by atoms with Gasteiger partial charge >= 0.3 is 0 Å². The van der Waals surface area contributed by atoms with Gasteiger partial charge in [0.1, 0.15) is 17.8 Å². The molecule has 3 aromatic carbocycles. The van der Waals surface area contributed by atoms with Crippen LogP contribution < -0.4 is 15.2 Å². The highest BCUT2D eigenvalue weighted by Gasteiger charge is 2.14. The van der Waals surface area contributed by atoms with Crippen LogP contribution in [0.25, 0.3) is 10.8 Å². The summed E-state index contributed by atoms with van der Waals surface area (Å²) in [6, 6.07) is 17.4. The molecular formula is C22H18ClN3O2. The molecule has 0 unspecified atom stereocenters. The molecule has 0 saturated heterocycles. The van der Waals surface area contributed by atoms with E-state index in [2.05, 4.69) is 9.97 Å². The topological polar surface area (TPSA) is 70.3 Å². The van der Waals surface area contributed by atoms with Crippen molar-refractivity contribution in [1.29, 1.82) is 0 Å². The number of anilines is 1. The van der Waals surface area contributed by atoms with Crippen molar-refractivity contribution in [3.05, 3.63) is 77.1 Å². The lowest BCUT2D eigenvalue weighted by atomic mass is 10.1. The zero-order valence-electron chi connectivity index (χ0n) is 15.4. The number of nitrogen functional groups attached to an aromatic ring is 1. The van der Waals surface area contributed by atoms with Crippen LogP contribution in [0.3, 0.4) is 0 Å². The van der Waals surface area contributed by atoms with Gasteiger partial charge in [-0.25, -0.2) is 0 Å². The highest BCUT2D eigenvalue weighted by atomic mass is 35.5. The van der Waals surface area contributed by atoms with E-state index in [1.54, 1.807) is 0 Å². The second-order valence-corrected chi connectivity index (χ2v) is 6.83. The number of hydrogen-bond acceptors (Lipinski definition) is 5. The highest BCUT2D eigenvalue weighted by Crippen LogP contribution is 2.36. The average Bonchev–Trinajstić information content (AvgIpc) is 2.69. The van der Waals surface area contributed by atoms with Crippen molar-refractivity contribution in [3.63, 3.8) is 0 Å². The third-order valence-corrected chi connectivity index (χ3v) is 4.99. The van der Waals surface area contributed by atoms with Crippen LogP contribution in [0.15, 0.2) is 60.9 Å². The van der Waals surface area contributed by atoms with Gasteiger partial charge in [-0.2, -0.15) is 9.97 Å². The molecule has 0 atom stereocenters. The monoisotopic (exact) mass is 391 g/mol. The summed E-state index contributed by atoms with van der Waals surface area (Å²) in [5.41, 5.74) is 8.28. The predicted molar refractivity (Wildman–Crippen MR) is 111 cm³/mol. The van der Waals surface area contributed by atoms with Crippen LogP contribution >= 0.6 is 11.6 Å². The van der Waals surface area contributed by atoms with E-state index < -0.39 is 0 Å². The fraction of sp³-hybridized carbons (Fsp3) is 0.0909. The maximum Gasteiger partial charge on any atom is 0.249 e. The van der Waals surface area contributed by atoms with Crippen molar-refractivity contribution in [2.45, 2.75) is 13.8 Å². The van der Waals surface area contributed by atoms with E-state index >= 15 is 0 Å².